The zero-order valence-electron chi connectivity index (χ0n) is 14.3. The van der Waals surface area contributed by atoms with Gasteiger partial charge in [-0.05, 0) is 57.8 Å². The number of nitrogens with zero attached hydrogens (tertiary/aromatic N) is 2. The van der Waals surface area contributed by atoms with Crippen LogP contribution in [0.5, 0.6) is 0 Å². The van der Waals surface area contributed by atoms with Crippen molar-refractivity contribution < 1.29 is 0 Å². The Morgan fingerprint density at radius 2 is 1.85 bits per heavy atom. The van der Waals surface area contributed by atoms with E-state index < -0.39 is 0 Å². The van der Waals surface area contributed by atoms with Gasteiger partial charge in [-0.3, -0.25) is 4.68 Å². The van der Waals surface area contributed by atoms with Crippen LogP contribution in [0.4, 0.5) is 5.82 Å². The third-order valence-corrected chi connectivity index (χ3v) is 5.39. The number of anilines is 1. The first kappa shape index (κ1) is 20.1. The summed E-state index contributed by atoms with van der Waals surface area (Å²) in [5, 5.41) is 12.4. The van der Waals surface area contributed by atoms with E-state index in [0.717, 1.165) is 23.0 Å². The highest BCUT2D eigenvalue weighted by Crippen LogP contribution is 2.24. The second kappa shape index (κ2) is 9.55. The molecule has 0 unspecified atom stereocenters. The number of rotatable bonds is 6. The maximum Gasteiger partial charge on any atom is 0.172 e. The van der Waals surface area contributed by atoms with Gasteiger partial charge in [0.25, 0.3) is 0 Å². The van der Waals surface area contributed by atoms with Gasteiger partial charge in [0.1, 0.15) is 0 Å². The van der Waals surface area contributed by atoms with Gasteiger partial charge in [-0.15, -0.1) is 0 Å². The highest BCUT2D eigenvalue weighted by atomic mass is 79.9. The summed E-state index contributed by atoms with van der Waals surface area (Å²) in [6.45, 7) is 1.32. The highest BCUT2D eigenvalue weighted by Gasteiger charge is 2.09. The maximum atomic E-state index is 6.07. The first-order valence-corrected chi connectivity index (χ1v) is 10.2. The SMILES string of the molecule is S=C(NCCc1ccccc1)Nc1nn(Cc2ccc(Cl)c(Cl)c2)cc1Br. The summed E-state index contributed by atoms with van der Waals surface area (Å²) < 4.78 is 2.63. The molecule has 3 rings (SSSR count). The predicted molar refractivity (Wildman–Crippen MR) is 120 cm³/mol. The van der Waals surface area contributed by atoms with Crippen molar-refractivity contribution in [2.24, 2.45) is 0 Å². The molecule has 0 saturated heterocycles. The summed E-state index contributed by atoms with van der Waals surface area (Å²) >= 11 is 20.9. The molecule has 0 bridgehead atoms. The fourth-order valence-electron chi connectivity index (χ4n) is 2.50. The Morgan fingerprint density at radius 3 is 2.59 bits per heavy atom. The largest absolute Gasteiger partial charge is 0.362 e. The zero-order valence-corrected chi connectivity index (χ0v) is 18.2. The molecule has 8 heteroatoms. The van der Waals surface area contributed by atoms with Gasteiger partial charge in [-0.2, -0.15) is 5.10 Å². The van der Waals surface area contributed by atoms with Gasteiger partial charge in [0.15, 0.2) is 10.9 Å². The smallest absolute Gasteiger partial charge is 0.172 e. The Morgan fingerprint density at radius 1 is 1.07 bits per heavy atom. The van der Waals surface area contributed by atoms with Crippen molar-refractivity contribution in [2.75, 3.05) is 11.9 Å². The molecule has 2 N–H and O–H groups in total. The van der Waals surface area contributed by atoms with Crippen LogP contribution in [0.2, 0.25) is 10.0 Å². The van der Waals surface area contributed by atoms with Gasteiger partial charge in [-0.25, -0.2) is 0 Å². The second-order valence-electron chi connectivity index (χ2n) is 5.89. The van der Waals surface area contributed by atoms with Crippen LogP contribution >= 0.6 is 51.3 Å². The number of benzene rings is 2. The quantitative estimate of drug-likeness (QED) is 0.452. The standard InChI is InChI=1S/C19H17BrCl2N4S/c20-15-12-26(11-14-6-7-16(21)17(22)10-14)25-18(15)24-19(27)23-9-8-13-4-2-1-3-5-13/h1-7,10,12H,8-9,11H2,(H2,23,24,25,27). The van der Waals surface area contributed by atoms with E-state index in [1.807, 2.05) is 36.5 Å². The summed E-state index contributed by atoms with van der Waals surface area (Å²) in [7, 11) is 0. The number of halogens is 3. The summed E-state index contributed by atoms with van der Waals surface area (Å²) in [5.41, 5.74) is 2.27. The Kier molecular flexibility index (Phi) is 7.13. The molecule has 0 fully saturated rings. The molecular weight excluding hydrogens is 467 g/mol. The highest BCUT2D eigenvalue weighted by molar-refractivity contribution is 9.10. The minimum absolute atomic E-state index is 0.530. The van der Waals surface area contributed by atoms with E-state index in [9.17, 15) is 0 Å². The van der Waals surface area contributed by atoms with Crippen LogP contribution in [0, 0.1) is 0 Å². The van der Waals surface area contributed by atoms with Gasteiger partial charge in [0.2, 0.25) is 0 Å². The lowest BCUT2D eigenvalue weighted by atomic mass is 10.1. The van der Waals surface area contributed by atoms with E-state index in [-0.39, 0.29) is 0 Å². The second-order valence-corrected chi connectivity index (χ2v) is 7.97. The number of thiocarbonyl (C=S) groups is 1. The van der Waals surface area contributed by atoms with Gasteiger partial charge >= 0.3 is 0 Å². The number of hydrogen-bond acceptors (Lipinski definition) is 2. The summed E-state index contributed by atoms with van der Waals surface area (Å²) in [5.74, 6) is 0.660. The van der Waals surface area contributed by atoms with E-state index in [1.54, 1.807) is 10.7 Å². The van der Waals surface area contributed by atoms with Crippen molar-refractivity contribution in [3.05, 3.63) is 80.4 Å². The fourth-order valence-corrected chi connectivity index (χ4v) is 3.44. The predicted octanol–water partition coefficient (Wildman–Crippen LogP) is 5.53. The Bertz CT molecular complexity index is 931. The molecule has 0 atom stereocenters. The van der Waals surface area contributed by atoms with Crippen molar-refractivity contribution in [3.63, 3.8) is 0 Å². The third kappa shape index (κ3) is 5.94. The van der Waals surface area contributed by atoms with Crippen molar-refractivity contribution in [3.8, 4) is 0 Å². The van der Waals surface area contributed by atoms with Crippen molar-refractivity contribution >= 4 is 62.3 Å². The Balaban J connectivity index is 1.54. The van der Waals surface area contributed by atoms with Crippen LogP contribution in [-0.4, -0.2) is 21.4 Å². The van der Waals surface area contributed by atoms with E-state index >= 15 is 0 Å². The topological polar surface area (TPSA) is 41.9 Å². The van der Waals surface area contributed by atoms with Gasteiger partial charge in [-0.1, -0.05) is 59.6 Å². The van der Waals surface area contributed by atoms with Crippen LogP contribution in [0.15, 0.2) is 59.2 Å². The average molecular weight is 484 g/mol. The average Bonchev–Trinajstić information content (AvgIpc) is 2.98. The van der Waals surface area contributed by atoms with Crippen molar-refractivity contribution in [2.45, 2.75) is 13.0 Å². The van der Waals surface area contributed by atoms with E-state index in [0.29, 0.717) is 27.5 Å². The van der Waals surface area contributed by atoms with E-state index in [1.165, 1.54) is 5.56 Å². The molecule has 3 aromatic rings. The molecule has 4 nitrogen and oxygen atoms in total. The van der Waals surface area contributed by atoms with Crippen LogP contribution in [-0.2, 0) is 13.0 Å². The minimum atomic E-state index is 0.530. The molecule has 0 saturated carbocycles. The monoisotopic (exact) mass is 482 g/mol. The minimum Gasteiger partial charge on any atom is -0.362 e. The lowest BCUT2D eigenvalue weighted by molar-refractivity contribution is 0.689. The van der Waals surface area contributed by atoms with Gasteiger partial charge in [0.05, 0.1) is 21.1 Å². The van der Waals surface area contributed by atoms with E-state index in [4.69, 9.17) is 35.4 Å². The summed E-state index contributed by atoms with van der Waals surface area (Å²) in [4.78, 5) is 0. The Labute approximate surface area is 182 Å². The van der Waals surface area contributed by atoms with Crippen molar-refractivity contribution in [1.82, 2.24) is 15.1 Å². The first-order chi connectivity index (χ1) is 13.0. The molecule has 0 aliphatic heterocycles. The molecule has 0 radical (unpaired) electrons. The molecule has 1 heterocycles. The van der Waals surface area contributed by atoms with E-state index in [2.05, 4.69) is 43.8 Å². The lowest BCUT2D eigenvalue weighted by Crippen LogP contribution is -2.30. The van der Waals surface area contributed by atoms with Crippen molar-refractivity contribution in [1.29, 1.82) is 0 Å². The molecule has 2 aromatic carbocycles. The van der Waals surface area contributed by atoms with Gasteiger partial charge < -0.3 is 10.6 Å². The zero-order chi connectivity index (χ0) is 19.2. The fraction of sp³-hybridized carbons (Fsp3) is 0.158. The number of hydrogen-bond donors (Lipinski definition) is 2. The molecule has 0 aliphatic rings. The number of nitrogens with one attached hydrogen (secondary N) is 2. The van der Waals surface area contributed by atoms with Gasteiger partial charge in [0, 0.05) is 12.7 Å². The summed E-state index contributed by atoms with van der Waals surface area (Å²) in [6.07, 6.45) is 2.78. The molecule has 1 aromatic heterocycles. The molecule has 140 valence electrons. The third-order valence-electron chi connectivity index (χ3n) is 3.82. The number of aromatic nitrogens is 2. The normalized spacial score (nSPS) is 10.6. The van der Waals surface area contributed by atoms with Crippen LogP contribution in [0.3, 0.4) is 0 Å². The summed E-state index contributed by atoms with van der Waals surface area (Å²) in [6, 6.07) is 15.8. The van der Waals surface area contributed by atoms with Crippen LogP contribution in [0.1, 0.15) is 11.1 Å². The molecule has 0 amide bonds. The Hall–Kier alpha value is -1.60. The maximum absolute atomic E-state index is 6.07. The first-order valence-electron chi connectivity index (χ1n) is 8.27. The lowest BCUT2D eigenvalue weighted by Gasteiger charge is -2.09. The molecule has 27 heavy (non-hydrogen) atoms. The molecule has 0 spiro atoms. The molecule has 0 aliphatic carbocycles. The van der Waals surface area contributed by atoms with Crippen LogP contribution < -0.4 is 10.6 Å². The molecular formula is C19H17BrCl2N4S. The van der Waals surface area contributed by atoms with Crippen LogP contribution in [0.25, 0.3) is 0 Å².